The lowest BCUT2D eigenvalue weighted by molar-refractivity contribution is -0.159. The Kier molecular flexibility index (Phi) is 5.97. The summed E-state index contributed by atoms with van der Waals surface area (Å²) in [5.74, 6) is -0.552. The Morgan fingerprint density at radius 2 is 2.00 bits per heavy atom. The molecule has 3 unspecified atom stereocenters. The van der Waals surface area contributed by atoms with Crippen LogP contribution in [0.4, 0.5) is 0 Å². The van der Waals surface area contributed by atoms with Gasteiger partial charge in [-0.25, -0.2) is 4.79 Å². The Bertz CT molecular complexity index is 1450. The molecular weight excluding hydrogens is 476 g/mol. The molecule has 3 aromatic carbocycles. The minimum absolute atomic E-state index is 0.0266. The molecule has 2 aliphatic rings. The topological polar surface area (TPSA) is 119 Å². The summed E-state index contributed by atoms with van der Waals surface area (Å²) in [4.78, 5) is 12.0. The van der Waals surface area contributed by atoms with Crippen molar-refractivity contribution in [1.82, 2.24) is 0 Å². The van der Waals surface area contributed by atoms with Crippen LogP contribution in [0.15, 0.2) is 71.5 Å². The Balaban J connectivity index is 1.29. The van der Waals surface area contributed by atoms with Crippen LogP contribution in [0.2, 0.25) is 0 Å². The van der Waals surface area contributed by atoms with E-state index in [9.17, 15) is 20.1 Å². The van der Waals surface area contributed by atoms with Crippen LogP contribution >= 0.6 is 0 Å². The Morgan fingerprint density at radius 1 is 1.11 bits per heavy atom. The number of carbonyl (C=O) groups is 1. The molecule has 1 aromatic heterocycles. The second-order valence-corrected chi connectivity index (χ2v) is 9.59. The quantitative estimate of drug-likeness (QED) is 0.336. The summed E-state index contributed by atoms with van der Waals surface area (Å²) < 4.78 is 22.6. The average Bonchev–Trinajstić information content (AvgIpc) is 3.56. The minimum atomic E-state index is -1.12. The standard InChI is InChI=1S/C29H26O8/c30-13-25-24(28(31)32)10-19-9-21(4-5-23(19)27(25)18-6-7-34-15-18)35-14-17-2-1-3-20(8-17)29(33)11-22-16-36-26(12-29)37-22/h1-10,15,22,26,30,33H,11-14,16H2,(H,31,32). The molecule has 0 spiro atoms. The molecular formula is C29H26O8. The third kappa shape index (κ3) is 4.38. The predicted octanol–water partition coefficient (Wildman–Crippen LogP) is 4.59. The molecule has 37 heavy (non-hydrogen) atoms. The third-order valence-electron chi connectivity index (χ3n) is 7.17. The summed E-state index contributed by atoms with van der Waals surface area (Å²) >= 11 is 0. The number of aromatic carboxylic acids is 1. The second kappa shape index (κ2) is 9.32. The van der Waals surface area contributed by atoms with Gasteiger partial charge < -0.3 is 33.9 Å². The minimum Gasteiger partial charge on any atom is -0.489 e. The van der Waals surface area contributed by atoms with Crippen LogP contribution in [0.5, 0.6) is 5.75 Å². The van der Waals surface area contributed by atoms with Crippen molar-refractivity contribution in [2.75, 3.05) is 6.61 Å². The zero-order valence-electron chi connectivity index (χ0n) is 19.9. The molecule has 4 aromatic rings. The molecule has 3 heterocycles. The molecule has 190 valence electrons. The first kappa shape index (κ1) is 23.7. The van der Waals surface area contributed by atoms with Gasteiger partial charge in [0.2, 0.25) is 0 Å². The zero-order valence-corrected chi connectivity index (χ0v) is 19.9. The number of benzene rings is 3. The van der Waals surface area contributed by atoms with Gasteiger partial charge in [0.15, 0.2) is 6.29 Å². The zero-order chi connectivity index (χ0) is 25.6. The molecule has 2 fully saturated rings. The fourth-order valence-corrected chi connectivity index (χ4v) is 5.42. The molecule has 2 bridgehead atoms. The maximum Gasteiger partial charge on any atom is 0.336 e. The Labute approximate surface area is 212 Å². The monoisotopic (exact) mass is 502 g/mol. The summed E-state index contributed by atoms with van der Waals surface area (Å²) in [5, 5.41) is 32.5. The van der Waals surface area contributed by atoms with Crippen LogP contribution in [-0.4, -0.2) is 40.3 Å². The van der Waals surface area contributed by atoms with E-state index in [4.69, 9.17) is 18.6 Å². The van der Waals surface area contributed by atoms with Crippen molar-refractivity contribution in [2.24, 2.45) is 0 Å². The average molecular weight is 503 g/mol. The first-order valence-corrected chi connectivity index (χ1v) is 12.1. The van der Waals surface area contributed by atoms with E-state index >= 15 is 0 Å². The third-order valence-corrected chi connectivity index (χ3v) is 7.17. The molecule has 2 aliphatic heterocycles. The van der Waals surface area contributed by atoms with E-state index < -0.39 is 18.2 Å². The molecule has 3 N–H and O–H groups in total. The normalized spacial score (nSPS) is 22.9. The molecule has 0 amide bonds. The van der Waals surface area contributed by atoms with E-state index in [0.717, 1.165) is 16.5 Å². The van der Waals surface area contributed by atoms with Crippen LogP contribution in [0.3, 0.4) is 0 Å². The fourth-order valence-electron chi connectivity index (χ4n) is 5.42. The first-order chi connectivity index (χ1) is 17.9. The van der Waals surface area contributed by atoms with Crippen LogP contribution in [-0.2, 0) is 28.3 Å². The van der Waals surface area contributed by atoms with Crippen molar-refractivity contribution in [3.63, 3.8) is 0 Å². The van der Waals surface area contributed by atoms with Gasteiger partial charge in [-0.1, -0.05) is 24.3 Å². The van der Waals surface area contributed by atoms with Crippen molar-refractivity contribution in [1.29, 1.82) is 0 Å². The summed E-state index contributed by atoms with van der Waals surface area (Å²) in [5.41, 5.74) is 2.36. The number of furan rings is 1. The van der Waals surface area contributed by atoms with Gasteiger partial charge >= 0.3 is 5.97 Å². The lowest BCUT2D eigenvalue weighted by atomic mass is 9.83. The van der Waals surface area contributed by atoms with Gasteiger partial charge in [0, 0.05) is 24.0 Å². The van der Waals surface area contributed by atoms with E-state index in [-0.39, 0.29) is 24.6 Å². The van der Waals surface area contributed by atoms with Crippen molar-refractivity contribution in [3.8, 4) is 16.9 Å². The van der Waals surface area contributed by atoms with Gasteiger partial charge in [0.25, 0.3) is 0 Å². The second-order valence-electron chi connectivity index (χ2n) is 9.59. The SMILES string of the molecule is O=C(O)c1cc2cc(OCc3cccc(C4(O)CC5COC(C4)O5)c3)ccc2c(-c2ccoc2)c1CO. The van der Waals surface area contributed by atoms with E-state index in [0.29, 0.717) is 47.3 Å². The number of carboxylic acids is 1. The van der Waals surface area contributed by atoms with Crippen molar-refractivity contribution in [2.45, 2.75) is 44.1 Å². The van der Waals surface area contributed by atoms with E-state index in [1.807, 2.05) is 36.4 Å². The van der Waals surface area contributed by atoms with Crippen LogP contribution in [0.1, 0.15) is 39.9 Å². The molecule has 0 aliphatic carbocycles. The maximum atomic E-state index is 12.0. The van der Waals surface area contributed by atoms with Gasteiger partial charge in [0.1, 0.15) is 12.4 Å². The summed E-state index contributed by atoms with van der Waals surface area (Å²) in [6.07, 6.45) is 3.43. The molecule has 0 saturated carbocycles. The molecule has 0 radical (unpaired) electrons. The maximum absolute atomic E-state index is 12.0. The number of hydrogen-bond donors (Lipinski definition) is 3. The molecule has 8 nitrogen and oxygen atoms in total. The highest BCUT2D eigenvalue weighted by Gasteiger charge is 2.45. The number of carboxylic acid groups (broad SMARTS) is 1. The van der Waals surface area contributed by atoms with Crippen LogP contribution in [0.25, 0.3) is 21.9 Å². The highest BCUT2D eigenvalue weighted by Crippen LogP contribution is 2.41. The first-order valence-electron chi connectivity index (χ1n) is 12.1. The summed E-state index contributed by atoms with van der Waals surface area (Å²) in [7, 11) is 0. The number of rotatable bonds is 7. The van der Waals surface area contributed by atoms with Gasteiger partial charge in [0.05, 0.1) is 43.0 Å². The number of aliphatic hydroxyl groups excluding tert-OH is 1. The Hall–Kier alpha value is -3.69. The van der Waals surface area contributed by atoms with E-state index in [1.165, 1.54) is 12.5 Å². The lowest BCUT2D eigenvalue weighted by Crippen LogP contribution is -2.39. The smallest absolute Gasteiger partial charge is 0.336 e. The molecule has 3 atom stereocenters. The lowest BCUT2D eigenvalue weighted by Gasteiger charge is -2.35. The number of hydrogen-bond acceptors (Lipinski definition) is 7. The fraction of sp³-hybridized carbons (Fsp3) is 0.276. The Morgan fingerprint density at radius 3 is 2.76 bits per heavy atom. The summed E-state index contributed by atoms with van der Waals surface area (Å²) in [6, 6.07) is 16.4. The molecule has 2 saturated heterocycles. The molecule has 6 rings (SSSR count). The van der Waals surface area contributed by atoms with Gasteiger partial charge in [-0.05, 0) is 57.8 Å². The van der Waals surface area contributed by atoms with Gasteiger partial charge in [-0.15, -0.1) is 0 Å². The van der Waals surface area contributed by atoms with E-state index in [2.05, 4.69) is 0 Å². The largest absolute Gasteiger partial charge is 0.489 e. The van der Waals surface area contributed by atoms with Gasteiger partial charge in [-0.2, -0.15) is 0 Å². The number of fused-ring (bicyclic) bond motifs is 3. The van der Waals surface area contributed by atoms with Crippen molar-refractivity contribution >= 4 is 16.7 Å². The number of ether oxygens (including phenoxy) is 3. The van der Waals surface area contributed by atoms with Crippen LogP contribution < -0.4 is 4.74 Å². The molecule has 8 heteroatoms. The number of aliphatic hydroxyl groups is 2. The predicted molar refractivity (Wildman–Crippen MR) is 133 cm³/mol. The summed E-state index contributed by atoms with van der Waals surface area (Å²) in [6.45, 7) is 0.354. The van der Waals surface area contributed by atoms with Gasteiger partial charge in [-0.3, -0.25) is 0 Å². The van der Waals surface area contributed by atoms with Crippen molar-refractivity contribution in [3.05, 3.63) is 89.4 Å². The highest BCUT2D eigenvalue weighted by atomic mass is 16.7. The highest BCUT2D eigenvalue weighted by molar-refractivity contribution is 6.05. The van der Waals surface area contributed by atoms with E-state index in [1.54, 1.807) is 18.2 Å². The van der Waals surface area contributed by atoms with Crippen LogP contribution in [0, 0.1) is 0 Å². The van der Waals surface area contributed by atoms with Crippen molar-refractivity contribution < 1.29 is 38.7 Å².